The quantitative estimate of drug-likeness (QED) is 0.502. The van der Waals surface area contributed by atoms with E-state index in [9.17, 15) is 9.18 Å². The van der Waals surface area contributed by atoms with Crippen LogP contribution < -0.4 is 10.6 Å². The Morgan fingerprint density at radius 1 is 1.32 bits per heavy atom. The molecule has 0 aliphatic carbocycles. The SMILES string of the molecule is CCNC(=NCC(C)(C)c1cccc(F)c1)NCCC(CC)N1CCCC1=O. The van der Waals surface area contributed by atoms with Gasteiger partial charge in [0.05, 0.1) is 6.54 Å². The molecule has 1 aliphatic rings. The molecule has 6 heteroatoms. The van der Waals surface area contributed by atoms with Gasteiger partial charge in [0.25, 0.3) is 0 Å². The van der Waals surface area contributed by atoms with Crippen molar-refractivity contribution < 1.29 is 9.18 Å². The molecule has 1 unspecified atom stereocenters. The van der Waals surface area contributed by atoms with Crippen LogP contribution in [0, 0.1) is 5.82 Å². The zero-order chi connectivity index (χ0) is 20.6. The largest absolute Gasteiger partial charge is 0.357 e. The molecule has 1 heterocycles. The number of carbonyl (C=O) groups excluding carboxylic acids is 1. The van der Waals surface area contributed by atoms with Gasteiger partial charge in [-0.25, -0.2) is 4.39 Å². The Labute approximate surface area is 168 Å². The summed E-state index contributed by atoms with van der Waals surface area (Å²) in [6.45, 7) is 11.3. The molecule has 5 nitrogen and oxygen atoms in total. The van der Waals surface area contributed by atoms with Gasteiger partial charge in [0.1, 0.15) is 5.82 Å². The maximum atomic E-state index is 13.6. The molecule has 1 amide bonds. The van der Waals surface area contributed by atoms with E-state index in [1.165, 1.54) is 6.07 Å². The van der Waals surface area contributed by atoms with Crippen LogP contribution in [0.5, 0.6) is 0 Å². The zero-order valence-electron chi connectivity index (χ0n) is 17.7. The van der Waals surface area contributed by atoms with E-state index in [-0.39, 0.29) is 23.2 Å². The van der Waals surface area contributed by atoms with E-state index < -0.39 is 0 Å². The van der Waals surface area contributed by atoms with E-state index in [4.69, 9.17) is 4.99 Å². The van der Waals surface area contributed by atoms with Crippen molar-refractivity contribution in [2.24, 2.45) is 4.99 Å². The van der Waals surface area contributed by atoms with Crippen LogP contribution in [0.4, 0.5) is 4.39 Å². The molecule has 2 N–H and O–H groups in total. The summed E-state index contributed by atoms with van der Waals surface area (Å²) in [6, 6.07) is 7.01. The first-order valence-corrected chi connectivity index (χ1v) is 10.4. The van der Waals surface area contributed by atoms with Gasteiger partial charge in [-0.05, 0) is 43.9 Å². The van der Waals surface area contributed by atoms with Crippen molar-refractivity contribution in [1.29, 1.82) is 0 Å². The van der Waals surface area contributed by atoms with Gasteiger partial charge < -0.3 is 15.5 Å². The van der Waals surface area contributed by atoms with Gasteiger partial charge in [0, 0.05) is 37.5 Å². The highest BCUT2D eigenvalue weighted by Gasteiger charge is 2.26. The summed E-state index contributed by atoms with van der Waals surface area (Å²) in [5.74, 6) is 0.820. The van der Waals surface area contributed by atoms with E-state index in [0.29, 0.717) is 13.0 Å². The number of halogens is 1. The summed E-state index contributed by atoms with van der Waals surface area (Å²) in [7, 11) is 0. The topological polar surface area (TPSA) is 56.7 Å². The predicted molar refractivity (Wildman–Crippen MR) is 113 cm³/mol. The van der Waals surface area contributed by atoms with Crippen LogP contribution in [-0.2, 0) is 10.2 Å². The molecule has 1 aromatic carbocycles. The normalized spacial score (nSPS) is 16.4. The number of guanidine groups is 1. The number of nitrogens with zero attached hydrogens (tertiary/aromatic N) is 2. The van der Waals surface area contributed by atoms with Crippen LogP contribution in [0.2, 0.25) is 0 Å². The highest BCUT2D eigenvalue weighted by atomic mass is 19.1. The van der Waals surface area contributed by atoms with Crippen LogP contribution in [0.15, 0.2) is 29.3 Å². The summed E-state index contributed by atoms with van der Waals surface area (Å²) in [5.41, 5.74) is 0.670. The minimum absolute atomic E-state index is 0.221. The fourth-order valence-electron chi connectivity index (χ4n) is 3.61. The second-order valence-corrected chi connectivity index (χ2v) is 8.06. The van der Waals surface area contributed by atoms with E-state index in [0.717, 1.165) is 50.4 Å². The summed E-state index contributed by atoms with van der Waals surface area (Å²) in [4.78, 5) is 18.7. The lowest BCUT2D eigenvalue weighted by atomic mass is 9.85. The number of rotatable bonds is 9. The Kier molecular flexibility index (Phi) is 8.27. The molecule has 0 spiro atoms. The smallest absolute Gasteiger partial charge is 0.222 e. The maximum absolute atomic E-state index is 13.6. The van der Waals surface area contributed by atoms with Gasteiger partial charge in [0.2, 0.25) is 5.91 Å². The summed E-state index contributed by atoms with van der Waals surface area (Å²) in [5, 5.41) is 6.66. The predicted octanol–water partition coefficient (Wildman–Crippen LogP) is 3.45. The third kappa shape index (κ3) is 6.21. The number of carbonyl (C=O) groups is 1. The fraction of sp³-hybridized carbons (Fsp3) is 0.636. The van der Waals surface area contributed by atoms with Crippen molar-refractivity contribution in [3.8, 4) is 0 Å². The van der Waals surface area contributed by atoms with Gasteiger partial charge in [-0.1, -0.05) is 32.9 Å². The number of benzene rings is 1. The molecule has 0 radical (unpaired) electrons. The van der Waals surface area contributed by atoms with Gasteiger partial charge in [-0.2, -0.15) is 0 Å². The summed E-state index contributed by atoms with van der Waals surface area (Å²) in [6.07, 6.45) is 3.53. The molecule has 1 aromatic rings. The Bertz CT molecular complexity index is 674. The lowest BCUT2D eigenvalue weighted by Crippen LogP contribution is -2.42. The molecule has 0 saturated carbocycles. The lowest BCUT2D eigenvalue weighted by Gasteiger charge is -2.27. The van der Waals surface area contributed by atoms with E-state index >= 15 is 0 Å². The van der Waals surface area contributed by atoms with Crippen LogP contribution >= 0.6 is 0 Å². The second kappa shape index (κ2) is 10.4. The molecule has 0 aromatic heterocycles. The van der Waals surface area contributed by atoms with Crippen LogP contribution in [-0.4, -0.2) is 49.0 Å². The molecule has 1 saturated heterocycles. The molecule has 1 atom stereocenters. The highest BCUT2D eigenvalue weighted by Crippen LogP contribution is 2.24. The molecule has 28 heavy (non-hydrogen) atoms. The van der Waals surface area contributed by atoms with E-state index in [1.54, 1.807) is 12.1 Å². The number of nitrogens with one attached hydrogen (secondary N) is 2. The van der Waals surface area contributed by atoms with Crippen molar-refractivity contribution in [3.63, 3.8) is 0 Å². The summed E-state index contributed by atoms with van der Waals surface area (Å²) >= 11 is 0. The first kappa shape index (κ1) is 22.2. The van der Waals surface area contributed by atoms with Crippen molar-refractivity contribution in [2.45, 2.75) is 64.8 Å². The molecule has 1 aliphatic heterocycles. The second-order valence-electron chi connectivity index (χ2n) is 8.06. The van der Waals surface area contributed by atoms with Gasteiger partial charge in [-0.3, -0.25) is 9.79 Å². The average Bonchev–Trinajstić information content (AvgIpc) is 3.09. The van der Waals surface area contributed by atoms with Crippen LogP contribution in [0.3, 0.4) is 0 Å². The van der Waals surface area contributed by atoms with E-state index in [1.807, 2.05) is 17.9 Å². The average molecular weight is 391 g/mol. The summed E-state index contributed by atoms with van der Waals surface area (Å²) < 4.78 is 13.6. The third-order valence-electron chi connectivity index (χ3n) is 5.37. The van der Waals surface area contributed by atoms with Crippen LogP contribution in [0.25, 0.3) is 0 Å². The first-order valence-electron chi connectivity index (χ1n) is 10.4. The fourth-order valence-corrected chi connectivity index (χ4v) is 3.61. The molecule has 156 valence electrons. The number of aliphatic imine (C=N–C) groups is 1. The monoisotopic (exact) mass is 390 g/mol. The minimum atomic E-state index is -0.266. The van der Waals surface area contributed by atoms with Gasteiger partial charge >= 0.3 is 0 Å². The number of hydrogen-bond donors (Lipinski definition) is 2. The third-order valence-corrected chi connectivity index (χ3v) is 5.37. The standard InChI is InChI=1S/C22H35FN4O/c1-5-19(27-14-8-11-20(27)28)12-13-25-21(24-6-2)26-16-22(3,4)17-9-7-10-18(23)15-17/h7,9-10,15,19H,5-6,8,11-14,16H2,1-4H3,(H2,24,25,26). The molecule has 2 rings (SSSR count). The molecule has 1 fully saturated rings. The molecular formula is C22H35FN4O. The van der Waals surface area contributed by atoms with Gasteiger partial charge in [-0.15, -0.1) is 0 Å². The van der Waals surface area contributed by atoms with Crippen molar-refractivity contribution in [1.82, 2.24) is 15.5 Å². The van der Waals surface area contributed by atoms with Gasteiger partial charge in [0.15, 0.2) is 5.96 Å². The minimum Gasteiger partial charge on any atom is -0.357 e. The Hall–Kier alpha value is -2.11. The number of likely N-dealkylation sites (tertiary alicyclic amines) is 1. The maximum Gasteiger partial charge on any atom is 0.222 e. The Morgan fingerprint density at radius 3 is 2.71 bits per heavy atom. The Balaban J connectivity index is 1.93. The van der Waals surface area contributed by atoms with Crippen molar-refractivity contribution >= 4 is 11.9 Å². The molecular weight excluding hydrogens is 355 g/mol. The van der Waals surface area contributed by atoms with Crippen LogP contribution in [0.1, 0.15) is 58.9 Å². The van der Waals surface area contributed by atoms with E-state index in [2.05, 4.69) is 31.4 Å². The molecule has 0 bridgehead atoms. The number of hydrogen-bond acceptors (Lipinski definition) is 2. The lowest BCUT2D eigenvalue weighted by molar-refractivity contribution is -0.129. The Morgan fingerprint density at radius 2 is 2.11 bits per heavy atom. The van der Waals surface area contributed by atoms with Crippen molar-refractivity contribution in [3.05, 3.63) is 35.6 Å². The first-order chi connectivity index (χ1) is 13.4. The number of amides is 1. The zero-order valence-corrected chi connectivity index (χ0v) is 17.7. The highest BCUT2D eigenvalue weighted by molar-refractivity contribution is 5.80. The van der Waals surface area contributed by atoms with Crippen molar-refractivity contribution in [2.75, 3.05) is 26.2 Å².